The molecule has 2 nitrogen and oxygen atoms in total. The maximum Gasteiger partial charge on any atom is 0.0546 e. The molecule has 9 aromatic carbocycles. The van der Waals surface area contributed by atoms with Crippen LogP contribution in [0.1, 0.15) is 25.0 Å². The smallest absolute Gasteiger partial charge is 0.0546 e. The molecule has 11 rings (SSSR count). The van der Waals surface area contributed by atoms with E-state index in [0.29, 0.717) is 0 Å². The van der Waals surface area contributed by atoms with Gasteiger partial charge in [-0.3, -0.25) is 0 Å². The Labute approximate surface area is 333 Å². The number of hydrogen-bond acceptors (Lipinski definition) is 1. The van der Waals surface area contributed by atoms with E-state index in [2.05, 4.69) is 230 Å². The van der Waals surface area contributed by atoms with Gasteiger partial charge in [-0.2, -0.15) is 0 Å². The van der Waals surface area contributed by atoms with Crippen molar-refractivity contribution in [1.82, 2.24) is 4.57 Å². The minimum absolute atomic E-state index is 0.0706. The van der Waals surface area contributed by atoms with Crippen LogP contribution in [0.15, 0.2) is 206 Å². The van der Waals surface area contributed by atoms with Crippen molar-refractivity contribution in [2.75, 3.05) is 4.90 Å². The lowest BCUT2D eigenvalue weighted by molar-refractivity contribution is 0.660. The van der Waals surface area contributed by atoms with Crippen LogP contribution in [-0.2, 0) is 5.41 Å². The molecule has 0 fully saturated rings. The van der Waals surface area contributed by atoms with Gasteiger partial charge in [0.25, 0.3) is 0 Å². The minimum atomic E-state index is -0.0706. The van der Waals surface area contributed by atoms with Crippen molar-refractivity contribution in [3.8, 4) is 39.1 Å². The maximum absolute atomic E-state index is 2.46. The summed E-state index contributed by atoms with van der Waals surface area (Å²) >= 11 is 0. The molecule has 1 aliphatic rings. The summed E-state index contributed by atoms with van der Waals surface area (Å²) in [6, 6.07) is 75.7. The SMILES string of the molecule is CC1(C)c2ccccc2-c2cc(N(c3ccc(-c4ccccc4-n4c5ccccc5c5ccccc54)cc3)c3ccc4ccccc4c3-c3ccccc3)ccc21. The summed E-state index contributed by atoms with van der Waals surface area (Å²) in [6.45, 7) is 4.70. The van der Waals surface area contributed by atoms with Gasteiger partial charge in [-0.15, -0.1) is 0 Å². The zero-order valence-electron chi connectivity index (χ0n) is 32.0. The summed E-state index contributed by atoms with van der Waals surface area (Å²) in [5, 5.41) is 4.98. The van der Waals surface area contributed by atoms with E-state index in [1.807, 2.05) is 0 Å². The summed E-state index contributed by atoms with van der Waals surface area (Å²) in [7, 11) is 0. The van der Waals surface area contributed by atoms with Gasteiger partial charge < -0.3 is 9.47 Å². The van der Waals surface area contributed by atoms with E-state index >= 15 is 0 Å². The van der Waals surface area contributed by atoms with E-state index < -0.39 is 0 Å². The van der Waals surface area contributed by atoms with Crippen molar-refractivity contribution in [3.05, 3.63) is 217 Å². The topological polar surface area (TPSA) is 8.17 Å². The fourth-order valence-corrected chi connectivity index (χ4v) is 9.51. The van der Waals surface area contributed by atoms with E-state index in [1.54, 1.807) is 0 Å². The molecule has 0 amide bonds. The number of anilines is 3. The van der Waals surface area contributed by atoms with Crippen molar-refractivity contribution in [2.45, 2.75) is 19.3 Å². The van der Waals surface area contributed by atoms with E-state index in [0.717, 1.165) is 17.1 Å². The minimum Gasteiger partial charge on any atom is -0.310 e. The number of para-hydroxylation sites is 3. The van der Waals surface area contributed by atoms with Gasteiger partial charge in [0.2, 0.25) is 0 Å². The molecule has 0 N–H and O–H groups in total. The highest BCUT2D eigenvalue weighted by molar-refractivity contribution is 6.10. The van der Waals surface area contributed by atoms with Crippen molar-refractivity contribution >= 4 is 49.6 Å². The van der Waals surface area contributed by atoms with Crippen molar-refractivity contribution in [1.29, 1.82) is 0 Å². The number of fused-ring (bicyclic) bond motifs is 7. The zero-order valence-corrected chi connectivity index (χ0v) is 32.0. The van der Waals surface area contributed by atoms with Crippen LogP contribution in [-0.4, -0.2) is 4.57 Å². The molecule has 0 atom stereocenters. The molecule has 57 heavy (non-hydrogen) atoms. The Morgan fingerprint density at radius 2 is 0.982 bits per heavy atom. The molecule has 2 heteroatoms. The highest BCUT2D eigenvalue weighted by Crippen LogP contribution is 2.52. The number of rotatable bonds is 6. The molecule has 0 saturated heterocycles. The first kappa shape index (κ1) is 33.2. The van der Waals surface area contributed by atoms with Crippen LogP contribution in [0.2, 0.25) is 0 Å². The summed E-state index contributed by atoms with van der Waals surface area (Å²) in [5.41, 5.74) is 17.0. The number of nitrogens with zero attached hydrogens (tertiary/aromatic N) is 2. The largest absolute Gasteiger partial charge is 0.310 e. The standard InChI is InChI=1S/C55H40N2/c1-55(2)48-24-12-8-21-44(48)47-36-41(33-34-49(47)55)56(53-35-30-37-16-6-7-20-43(37)54(53)39-17-4-3-5-18-39)40-31-28-38(29-32-40)42-19-9-13-25-50(42)57-51-26-14-10-22-45(51)46-23-11-15-27-52(46)57/h3-36H,1-2H3. The lowest BCUT2D eigenvalue weighted by Crippen LogP contribution is -2.15. The van der Waals surface area contributed by atoms with Gasteiger partial charge in [0.1, 0.15) is 0 Å². The third kappa shape index (κ3) is 5.18. The number of hydrogen-bond donors (Lipinski definition) is 0. The van der Waals surface area contributed by atoms with Crippen LogP contribution in [0, 0.1) is 0 Å². The first-order chi connectivity index (χ1) is 28.1. The fraction of sp³-hybridized carbons (Fsp3) is 0.0545. The molecular formula is C55H40N2. The molecule has 1 heterocycles. The highest BCUT2D eigenvalue weighted by Gasteiger charge is 2.35. The van der Waals surface area contributed by atoms with Gasteiger partial charge >= 0.3 is 0 Å². The molecular weight excluding hydrogens is 689 g/mol. The van der Waals surface area contributed by atoms with E-state index in [4.69, 9.17) is 0 Å². The lowest BCUT2D eigenvalue weighted by atomic mass is 9.82. The first-order valence-electron chi connectivity index (χ1n) is 19.9. The quantitative estimate of drug-likeness (QED) is 0.165. The summed E-state index contributed by atoms with van der Waals surface area (Å²) in [4.78, 5) is 2.46. The van der Waals surface area contributed by atoms with Crippen LogP contribution in [0.4, 0.5) is 17.1 Å². The molecule has 1 aliphatic carbocycles. The Morgan fingerprint density at radius 3 is 1.74 bits per heavy atom. The average Bonchev–Trinajstić information content (AvgIpc) is 3.72. The normalized spacial score (nSPS) is 12.9. The molecule has 10 aromatic rings. The van der Waals surface area contributed by atoms with Crippen molar-refractivity contribution in [3.63, 3.8) is 0 Å². The van der Waals surface area contributed by atoms with Gasteiger partial charge in [-0.05, 0) is 92.7 Å². The van der Waals surface area contributed by atoms with Crippen LogP contribution in [0.25, 0.3) is 71.6 Å². The lowest BCUT2D eigenvalue weighted by Gasteiger charge is -2.30. The monoisotopic (exact) mass is 728 g/mol. The predicted octanol–water partition coefficient (Wildman–Crippen LogP) is 15.0. The molecule has 1 aromatic heterocycles. The summed E-state index contributed by atoms with van der Waals surface area (Å²) in [5.74, 6) is 0. The first-order valence-corrected chi connectivity index (χ1v) is 19.9. The Kier molecular flexibility index (Phi) is 7.55. The second-order valence-electron chi connectivity index (χ2n) is 15.7. The molecule has 0 radical (unpaired) electrons. The van der Waals surface area contributed by atoms with Crippen LogP contribution < -0.4 is 4.90 Å². The second-order valence-corrected chi connectivity index (χ2v) is 15.7. The maximum atomic E-state index is 2.46. The van der Waals surface area contributed by atoms with E-state index in [-0.39, 0.29) is 5.41 Å². The Bertz CT molecular complexity index is 3100. The Hall–Kier alpha value is -7.16. The molecule has 270 valence electrons. The van der Waals surface area contributed by atoms with Crippen LogP contribution in [0.3, 0.4) is 0 Å². The predicted molar refractivity (Wildman–Crippen MR) is 241 cm³/mol. The second kappa shape index (κ2) is 13.0. The molecule has 0 saturated carbocycles. The molecule has 0 bridgehead atoms. The van der Waals surface area contributed by atoms with Gasteiger partial charge in [0.15, 0.2) is 0 Å². The Morgan fingerprint density at radius 1 is 0.404 bits per heavy atom. The van der Waals surface area contributed by atoms with Gasteiger partial charge in [0, 0.05) is 38.7 Å². The third-order valence-electron chi connectivity index (χ3n) is 12.2. The Balaban J connectivity index is 1.12. The number of aromatic nitrogens is 1. The summed E-state index contributed by atoms with van der Waals surface area (Å²) < 4.78 is 2.42. The zero-order chi connectivity index (χ0) is 38.1. The van der Waals surface area contributed by atoms with Gasteiger partial charge in [0.05, 0.1) is 22.4 Å². The number of benzene rings is 9. The van der Waals surface area contributed by atoms with Crippen molar-refractivity contribution in [2.24, 2.45) is 0 Å². The molecule has 0 aliphatic heterocycles. The average molecular weight is 729 g/mol. The van der Waals surface area contributed by atoms with Crippen LogP contribution in [0.5, 0.6) is 0 Å². The van der Waals surface area contributed by atoms with Crippen LogP contribution >= 0.6 is 0 Å². The fourth-order valence-electron chi connectivity index (χ4n) is 9.51. The van der Waals surface area contributed by atoms with Gasteiger partial charge in [-0.25, -0.2) is 0 Å². The summed E-state index contributed by atoms with van der Waals surface area (Å²) in [6.07, 6.45) is 0. The highest BCUT2D eigenvalue weighted by atomic mass is 15.1. The van der Waals surface area contributed by atoms with Gasteiger partial charge in [-0.1, -0.05) is 172 Å². The van der Waals surface area contributed by atoms with E-state index in [9.17, 15) is 0 Å². The van der Waals surface area contributed by atoms with E-state index in [1.165, 1.54) is 82.8 Å². The molecule has 0 unspecified atom stereocenters. The molecule has 0 spiro atoms. The van der Waals surface area contributed by atoms with Crippen molar-refractivity contribution < 1.29 is 0 Å². The third-order valence-corrected chi connectivity index (χ3v) is 12.2.